The van der Waals surface area contributed by atoms with E-state index in [1.807, 2.05) is 0 Å². The van der Waals surface area contributed by atoms with Gasteiger partial charge < -0.3 is 9.63 Å². The van der Waals surface area contributed by atoms with Gasteiger partial charge in [-0.05, 0) is 16.6 Å². The standard InChI is InChI=1S/C15H25NO2Si/c1-11(2)19(12(3)4,13(5)6)8-7-14-9-15(10-17)18-16-14/h9,11-13,17H,10H2,1-6H3. The summed E-state index contributed by atoms with van der Waals surface area (Å²) in [4.78, 5) is 0. The van der Waals surface area contributed by atoms with E-state index in [1.54, 1.807) is 6.07 Å². The Bertz CT molecular complexity index is 444. The Morgan fingerprint density at radius 3 is 2.05 bits per heavy atom. The molecule has 0 bridgehead atoms. The van der Waals surface area contributed by atoms with E-state index in [0.717, 1.165) is 0 Å². The third-order valence-corrected chi connectivity index (χ3v) is 10.3. The Hall–Kier alpha value is -1.05. The van der Waals surface area contributed by atoms with E-state index in [0.29, 0.717) is 28.1 Å². The maximum absolute atomic E-state index is 8.97. The maximum Gasteiger partial charge on any atom is 0.163 e. The van der Waals surface area contributed by atoms with Crippen LogP contribution in [0.4, 0.5) is 0 Å². The third kappa shape index (κ3) is 3.29. The highest BCUT2D eigenvalue weighted by Gasteiger charge is 2.41. The van der Waals surface area contributed by atoms with Gasteiger partial charge in [0.2, 0.25) is 0 Å². The first kappa shape index (κ1) is 16.0. The fourth-order valence-corrected chi connectivity index (χ4v) is 8.26. The van der Waals surface area contributed by atoms with Crippen LogP contribution in [0, 0.1) is 11.5 Å². The molecular formula is C15H25NO2Si. The number of aliphatic hydroxyl groups is 1. The molecule has 0 amide bonds. The largest absolute Gasteiger partial charge is 0.388 e. The van der Waals surface area contributed by atoms with Gasteiger partial charge in [0.25, 0.3) is 0 Å². The van der Waals surface area contributed by atoms with Gasteiger partial charge in [0.1, 0.15) is 14.7 Å². The van der Waals surface area contributed by atoms with Gasteiger partial charge in [-0.25, -0.2) is 0 Å². The molecule has 0 spiro atoms. The van der Waals surface area contributed by atoms with Gasteiger partial charge in [-0.1, -0.05) is 52.6 Å². The highest BCUT2D eigenvalue weighted by Crippen LogP contribution is 2.40. The SMILES string of the molecule is CC(C)[Si](C#Cc1cc(CO)on1)(C(C)C)C(C)C. The Balaban J connectivity index is 3.15. The smallest absolute Gasteiger partial charge is 0.163 e. The van der Waals surface area contributed by atoms with Crippen LogP contribution in [0.25, 0.3) is 0 Å². The summed E-state index contributed by atoms with van der Waals surface area (Å²) in [7, 11) is -1.72. The Labute approximate surface area is 117 Å². The molecule has 1 aromatic rings. The van der Waals surface area contributed by atoms with Crippen molar-refractivity contribution in [2.75, 3.05) is 0 Å². The average Bonchev–Trinajstić information content (AvgIpc) is 2.76. The van der Waals surface area contributed by atoms with Gasteiger partial charge in [-0.3, -0.25) is 0 Å². The Morgan fingerprint density at radius 2 is 1.68 bits per heavy atom. The quantitative estimate of drug-likeness (QED) is 0.674. The number of hydrogen-bond donors (Lipinski definition) is 1. The molecule has 0 fully saturated rings. The molecule has 1 heterocycles. The number of nitrogens with zero attached hydrogens (tertiary/aromatic N) is 1. The highest BCUT2D eigenvalue weighted by atomic mass is 28.3. The minimum atomic E-state index is -1.72. The molecule has 0 unspecified atom stereocenters. The van der Waals surface area contributed by atoms with Crippen molar-refractivity contribution in [1.82, 2.24) is 5.16 Å². The predicted octanol–water partition coefficient (Wildman–Crippen LogP) is 3.74. The molecule has 0 aromatic carbocycles. The summed E-state index contributed by atoms with van der Waals surface area (Å²) < 4.78 is 4.97. The topological polar surface area (TPSA) is 46.3 Å². The summed E-state index contributed by atoms with van der Waals surface area (Å²) >= 11 is 0. The second-order valence-electron chi connectivity index (χ2n) is 5.98. The molecule has 0 atom stereocenters. The van der Waals surface area contributed by atoms with E-state index >= 15 is 0 Å². The number of rotatable bonds is 4. The molecule has 1 N–H and O–H groups in total. The lowest BCUT2D eigenvalue weighted by atomic mass is 10.4. The summed E-state index contributed by atoms with van der Waals surface area (Å²) in [5, 5.41) is 12.9. The van der Waals surface area contributed by atoms with Crippen LogP contribution in [0.3, 0.4) is 0 Å². The molecule has 0 saturated heterocycles. The van der Waals surface area contributed by atoms with Gasteiger partial charge in [0, 0.05) is 6.07 Å². The summed E-state index contributed by atoms with van der Waals surface area (Å²) in [5.74, 6) is 3.65. The van der Waals surface area contributed by atoms with E-state index in [4.69, 9.17) is 9.63 Å². The molecule has 1 rings (SSSR count). The second-order valence-corrected chi connectivity index (χ2v) is 11.6. The van der Waals surface area contributed by atoms with E-state index in [1.165, 1.54) is 0 Å². The van der Waals surface area contributed by atoms with Crippen LogP contribution in [0.15, 0.2) is 10.6 Å². The van der Waals surface area contributed by atoms with E-state index in [2.05, 4.69) is 58.2 Å². The first-order chi connectivity index (χ1) is 8.84. The predicted molar refractivity (Wildman–Crippen MR) is 80.4 cm³/mol. The van der Waals surface area contributed by atoms with Gasteiger partial charge in [0.15, 0.2) is 11.5 Å². The minimum absolute atomic E-state index is 0.129. The summed E-state index contributed by atoms with van der Waals surface area (Å²) in [5.41, 5.74) is 6.00. The monoisotopic (exact) mass is 279 g/mol. The van der Waals surface area contributed by atoms with Crippen LogP contribution in [0.5, 0.6) is 0 Å². The van der Waals surface area contributed by atoms with Gasteiger partial charge >= 0.3 is 0 Å². The van der Waals surface area contributed by atoms with Gasteiger partial charge in [0.05, 0.1) is 0 Å². The molecule has 106 valence electrons. The third-order valence-electron chi connectivity index (χ3n) is 3.99. The molecular weight excluding hydrogens is 254 g/mol. The van der Waals surface area contributed by atoms with Crippen molar-refractivity contribution in [3.8, 4) is 11.5 Å². The Morgan fingerprint density at radius 1 is 1.16 bits per heavy atom. The Kier molecular flexibility index (Phi) is 5.39. The van der Waals surface area contributed by atoms with Crippen LogP contribution in [-0.2, 0) is 6.61 Å². The molecule has 0 radical (unpaired) electrons. The van der Waals surface area contributed by atoms with Crippen molar-refractivity contribution in [2.24, 2.45) is 0 Å². The zero-order valence-corrected chi connectivity index (χ0v) is 13.8. The van der Waals surface area contributed by atoms with Crippen LogP contribution in [0.1, 0.15) is 53.0 Å². The van der Waals surface area contributed by atoms with Crippen molar-refractivity contribution in [1.29, 1.82) is 0 Å². The second kappa shape index (κ2) is 6.40. The number of hydrogen-bond acceptors (Lipinski definition) is 3. The van der Waals surface area contributed by atoms with Gasteiger partial charge in [-0.15, -0.1) is 5.54 Å². The van der Waals surface area contributed by atoms with Crippen molar-refractivity contribution in [3.63, 3.8) is 0 Å². The van der Waals surface area contributed by atoms with Crippen molar-refractivity contribution in [3.05, 3.63) is 17.5 Å². The summed E-state index contributed by atoms with van der Waals surface area (Å²) in [6, 6.07) is 1.72. The van der Waals surface area contributed by atoms with Crippen molar-refractivity contribution >= 4 is 8.07 Å². The molecule has 3 nitrogen and oxygen atoms in total. The molecule has 19 heavy (non-hydrogen) atoms. The average molecular weight is 279 g/mol. The lowest BCUT2D eigenvalue weighted by Gasteiger charge is -2.37. The molecule has 0 aliphatic rings. The van der Waals surface area contributed by atoms with Crippen LogP contribution < -0.4 is 0 Å². The highest BCUT2D eigenvalue weighted by molar-refractivity contribution is 6.90. The van der Waals surface area contributed by atoms with Crippen LogP contribution >= 0.6 is 0 Å². The minimum Gasteiger partial charge on any atom is -0.388 e. The molecule has 0 saturated carbocycles. The van der Waals surface area contributed by atoms with E-state index in [9.17, 15) is 0 Å². The number of aliphatic hydroxyl groups excluding tert-OH is 1. The maximum atomic E-state index is 8.97. The molecule has 0 aliphatic heterocycles. The van der Waals surface area contributed by atoms with Crippen LogP contribution in [-0.4, -0.2) is 18.3 Å². The summed E-state index contributed by atoms with van der Waals surface area (Å²) in [6.07, 6.45) is 0. The van der Waals surface area contributed by atoms with Crippen molar-refractivity contribution in [2.45, 2.75) is 64.8 Å². The first-order valence-corrected chi connectivity index (χ1v) is 9.17. The zero-order valence-electron chi connectivity index (χ0n) is 12.8. The normalized spacial score (nSPS) is 12.1. The zero-order chi connectivity index (χ0) is 14.6. The lowest BCUT2D eigenvalue weighted by molar-refractivity contribution is 0.229. The molecule has 1 aromatic heterocycles. The lowest BCUT2D eigenvalue weighted by Crippen LogP contribution is -2.43. The number of aromatic nitrogens is 1. The summed E-state index contributed by atoms with van der Waals surface area (Å²) in [6.45, 7) is 13.6. The molecule has 0 aliphatic carbocycles. The fraction of sp³-hybridized carbons (Fsp3) is 0.667. The molecule has 4 heteroatoms. The van der Waals surface area contributed by atoms with E-state index in [-0.39, 0.29) is 6.61 Å². The van der Waals surface area contributed by atoms with E-state index < -0.39 is 8.07 Å². The van der Waals surface area contributed by atoms with Crippen molar-refractivity contribution < 1.29 is 9.63 Å². The van der Waals surface area contributed by atoms with Gasteiger partial charge in [-0.2, -0.15) is 0 Å². The van der Waals surface area contributed by atoms with Crippen LogP contribution in [0.2, 0.25) is 16.6 Å². The fourth-order valence-electron chi connectivity index (χ4n) is 3.05. The first-order valence-electron chi connectivity index (χ1n) is 6.94.